The maximum absolute atomic E-state index is 11.5. The van der Waals surface area contributed by atoms with Crippen molar-refractivity contribution in [3.8, 4) is 5.75 Å². The van der Waals surface area contributed by atoms with Crippen LogP contribution in [0.25, 0.3) is 10.9 Å². The number of aliphatic hydroxyl groups excluding tert-OH is 1. The number of aliphatic hydroxyl groups is 1. The summed E-state index contributed by atoms with van der Waals surface area (Å²) in [5.74, 6) is -0.928. The smallest absolute Gasteiger partial charge is 0.310 e. The van der Waals surface area contributed by atoms with Crippen LogP contribution in [0.2, 0.25) is 10.0 Å². The van der Waals surface area contributed by atoms with Crippen molar-refractivity contribution in [3.05, 3.63) is 63.3 Å². The molecule has 4 rings (SSSR count). The molecule has 0 spiro atoms. The molecule has 0 bridgehead atoms. The normalized spacial score (nSPS) is 16.9. The number of aromatic nitrogens is 1. The Hall–Kier alpha value is -2.29. The Morgan fingerprint density at radius 1 is 1.24 bits per heavy atom. The van der Waals surface area contributed by atoms with Gasteiger partial charge in [0.25, 0.3) is 0 Å². The van der Waals surface area contributed by atoms with Crippen molar-refractivity contribution in [2.24, 2.45) is 7.05 Å². The second-order valence-corrected chi connectivity index (χ2v) is 9.07. The maximum Gasteiger partial charge on any atom is 0.310 e. The van der Waals surface area contributed by atoms with Crippen LogP contribution in [-0.4, -0.2) is 41.1 Å². The number of halogens is 2. The number of carboxylic acids is 1. The van der Waals surface area contributed by atoms with E-state index in [1.807, 2.05) is 42.8 Å². The molecule has 0 amide bonds. The van der Waals surface area contributed by atoms with E-state index in [1.165, 1.54) is 7.11 Å². The molecule has 2 unspecified atom stereocenters. The quantitative estimate of drug-likeness (QED) is 0.398. The molecule has 33 heavy (non-hydrogen) atoms. The van der Waals surface area contributed by atoms with Gasteiger partial charge in [-0.15, -0.1) is 0 Å². The average molecular weight is 493 g/mol. The molecule has 2 atom stereocenters. The number of nitrogens with zero attached hydrogens (tertiary/aromatic N) is 1. The zero-order valence-corrected chi connectivity index (χ0v) is 20.1. The van der Waals surface area contributed by atoms with Gasteiger partial charge in [-0.2, -0.15) is 0 Å². The number of hydrogen-bond donors (Lipinski definition) is 3. The third-order valence-electron chi connectivity index (χ3n) is 6.41. The third kappa shape index (κ3) is 4.09. The predicted octanol–water partition coefficient (Wildman–Crippen LogP) is 4.58. The second kappa shape index (κ2) is 9.16. The van der Waals surface area contributed by atoms with Crippen LogP contribution >= 0.6 is 23.2 Å². The van der Waals surface area contributed by atoms with Gasteiger partial charge < -0.3 is 24.3 Å². The summed E-state index contributed by atoms with van der Waals surface area (Å²) in [5, 5.41) is 25.2. The SMILES string of the molecule is CCC(C(=O)O)c1ccc(C2(NC(O)c3cc4c(Cl)c(Cl)c(OC)cc4n3C)COC2)cc1. The van der Waals surface area contributed by atoms with E-state index in [9.17, 15) is 15.0 Å². The van der Waals surface area contributed by atoms with Crippen molar-refractivity contribution in [2.75, 3.05) is 20.3 Å². The zero-order valence-electron chi connectivity index (χ0n) is 18.6. The molecule has 1 saturated heterocycles. The summed E-state index contributed by atoms with van der Waals surface area (Å²) >= 11 is 12.8. The fourth-order valence-electron chi connectivity index (χ4n) is 4.38. The monoisotopic (exact) mass is 492 g/mol. The Morgan fingerprint density at radius 3 is 2.42 bits per heavy atom. The summed E-state index contributed by atoms with van der Waals surface area (Å²) in [6.07, 6.45) is -0.507. The lowest BCUT2D eigenvalue weighted by atomic mass is 9.85. The number of benzene rings is 2. The molecule has 3 N–H and O–H groups in total. The van der Waals surface area contributed by atoms with Gasteiger partial charge in [0, 0.05) is 18.5 Å². The molecule has 176 valence electrons. The van der Waals surface area contributed by atoms with E-state index in [2.05, 4.69) is 5.32 Å². The number of aryl methyl sites for hydroxylation is 1. The Kier molecular flexibility index (Phi) is 6.62. The lowest BCUT2D eigenvalue weighted by Gasteiger charge is -2.44. The Morgan fingerprint density at radius 2 is 1.91 bits per heavy atom. The number of nitrogens with one attached hydrogen (secondary N) is 1. The number of ether oxygens (including phenoxy) is 2. The number of carboxylic acid groups (broad SMARTS) is 1. The van der Waals surface area contributed by atoms with Crippen molar-refractivity contribution in [1.29, 1.82) is 0 Å². The van der Waals surface area contributed by atoms with Crippen molar-refractivity contribution in [1.82, 2.24) is 9.88 Å². The zero-order chi connectivity index (χ0) is 23.9. The lowest BCUT2D eigenvalue weighted by Crippen LogP contribution is -2.58. The number of methoxy groups -OCH3 is 1. The molecule has 0 saturated carbocycles. The van der Waals surface area contributed by atoms with E-state index in [0.29, 0.717) is 46.5 Å². The summed E-state index contributed by atoms with van der Waals surface area (Å²) in [4.78, 5) is 11.5. The van der Waals surface area contributed by atoms with Crippen LogP contribution in [0.5, 0.6) is 5.75 Å². The summed E-state index contributed by atoms with van der Waals surface area (Å²) < 4.78 is 12.6. The largest absolute Gasteiger partial charge is 0.495 e. The minimum atomic E-state index is -1.02. The van der Waals surface area contributed by atoms with Gasteiger partial charge in [0.2, 0.25) is 0 Å². The second-order valence-electron chi connectivity index (χ2n) is 8.31. The Balaban J connectivity index is 1.64. The van der Waals surface area contributed by atoms with E-state index < -0.39 is 23.7 Å². The molecule has 7 nitrogen and oxygen atoms in total. The van der Waals surface area contributed by atoms with Crippen molar-refractivity contribution < 1.29 is 24.5 Å². The Bertz CT molecular complexity index is 1190. The van der Waals surface area contributed by atoms with E-state index >= 15 is 0 Å². The highest BCUT2D eigenvalue weighted by atomic mass is 35.5. The van der Waals surface area contributed by atoms with Gasteiger partial charge in [-0.1, -0.05) is 54.4 Å². The van der Waals surface area contributed by atoms with Gasteiger partial charge in [0.05, 0.1) is 48.0 Å². The first-order valence-electron chi connectivity index (χ1n) is 10.6. The topological polar surface area (TPSA) is 93.0 Å². The molecule has 2 heterocycles. The summed E-state index contributed by atoms with van der Waals surface area (Å²) in [6.45, 7) is 2.61. The highest BCUT2D eigenvalue weighted by Gasteiger charge is 2.42. The number of rotatable bonds is 8. The first-order chi connectivity index (χ1) is 15.7. The molecule has 2 aromatic carbocycles. The number of fused-ring (bicyclic) bond motifs is 1. The fraction of sp³-hybridized carbons (Fsp3) is 0.375. The minimum absolute atomic E-state index is 0.321. The molecule has 3 aromatic rings. The van der Waals surface area contributed by atoms with Gasteiger partial charge in [-0.3, -0.25) is 10.1 Å². The molecule has 0 aliphatic carbocycles. The molecule has 0 radical (unpaired) electrons. The maximum atomic E-state index is 11.5. The van der Waals surface area contributed by atoms with Crippen LogP contribution in [0.3, 0.4) is 0 Å². The van der Waals surface area contributed by atoms with Crippen LogP contribution in [0.1, 0.15) is 42.3 Å². The van der Waals surface area contributed by atoms with Gasteiger partial charge in [-0.25, -0.2) is 0 Å². The summed E-state index contributed by atoms with van der Waals surface area (Å²) in [6, 6.07) is 11.0. The highest BCUT2D eigenvalue weighted by molar-refractivity contribution is 6.46. The predicted molar refractivity (Wildman–Crippen MR) is 127 cm³/mol. The highest BCUT2D eigenvalue weighted by Crippen LogP contribution is 2.41. The lowest BCUT2D eigenvalue weighted by molar-refractivity contribution is -0.138. The number of aliphatic carboxylic acids is 1. The van der Waals surface area contributed by atoms with Crippen molar-refractivity contribution in [3.63, 3.8) is 0 Å². The van der Waals surface area contributed by atoms with E-state index in [4.69, 9.17) is 32.7 Å². The third-order valence-corrected chi connectivity index (χ3v) is 7.28. The molecule has 1 fully saturated rings. The van der Waals surface area contributed by atoms with Gasteiger partial charge in [0.1, 0.15) is 17.0 Å². The summed E-state index contributed by atoms with van der Waals surface area (Å²) in [5.41, 5.74) is 2.45. The Labute approximate surface area is 201 Å². The molecule has 1 aliphatic heterocycles. The van der Waals surface area contributed by atoms with Gasteiger partial charge in [0.15, 0.2) is 0 Å². The molecule has 1 aromatic heterocycles. The minimum Gasteiger partial charge on any atom is -0.495 e. The van der Waals surface area contributed by atoms with E-state index in [-0.39, 0.29) is 0 Å². The fourth-order valence-corrected chi connectivity index (χ4v) is 4.85. The number of hydrogen-bond acceptors (Lipinski definition) is 5. The van der Waals surface area contributed by atoms with Crippen molar-refractivity contribution in [2.45, 2.75) is 31.0 Å². The van der Waals surface area contributed by atoms with Crippen LogP contribution in [0, 0.1) is 0 Å². The molecular formula is C24H26Cl2N2O5. The van der Waals surface area contributed by atoms with Crippen LogP contribution in [0.4, 0.5) is 0 Å². The van der Waals surface area contributed by atoms with Crippen molar-refractivity contribution >= 4 is 40.1 Å². The van der Waals surface area contributed by atoms with Crippen LogP contribution in [0.15, 0.2) is 36.4 Å². The first-order valence-corrected chi connectivity index (χ1v) is 11.4. The van der Waals surface area contributed by atoms with Crippen LogP contribution in [-0.2, 0) is 22.1 Å². The first kappa shape index (κ1) is 23.9. The standard InChI is InChI=1S/C24H26Cl2N2O5/c1-4-15(23(30)31)13-5-7-14(8-6-13)24(11-33-12-24)27-22(29)18-9-16-17(28(18)2)10-19(32-3)21(26)20(16)25/h5-10,15,22,27,29H,4,11-12H2,1-3H3,(H,30,31). The average Bonchev–Trinajstić information content (AvgIpc) is 3.10. The van der Waals surface area contributed by atoms with E-state index in [1.54, 1.807) is 12.1 Å². The van der Waals surface area contributed by atoms with Gasteiger partial charge >= 0.3 is 5.97 Å². The molecule has 9 heteroatoms. The van der Waals surface area contributed by atoms with E-state index in [0.717, 1.165) is 16.6 Å². The van der Waals surface area contributed by atoms with Crippen LogP contribution < -0.4 is 10.1 Å². The van der Waals surface area contributed by atoms with Gasteiger partial charge in [-0.05, 0) is 23.6 Å². The molecular weight excluding hydrogens is 467 g/mol. The summed E-state index contributed by atoms with van der Waals surface area (Å²) in [7, 11) is 3.36. The number of carbonyl (C=O) groups is 1. The molecule has 1 aliphatic rings.